The summed E-state index contributed by atoms with van der Waals surface area (Å²) in [5.74, 6) is 0. The third-order valence-electron chi connectivity index (χ3n) is 4.14. The number of rotatable bonds is 2. The van der Waals surface area contributed by atoms with E-state index in [4.69, 9.17) is 10.4 Å². The molecule has 0 saturated heterocycles. The molecule has 0 radical (unpaired) electrons. The molecule has 22 heavy (non-hydrogen) atoms. The van der Waals surface area contributed by atoms with Crippen molar-refractivity contribution in [3.8, 4) is 0 Å². The average Bonchev–Trinajstić information content (AvgIpc) is 2.85. The fourth-order valence-corrected chi connectivity index (χ4v) is 2.78. The van der Waals surface area contributed by atoms with Crippen LogP contribution in [0.4, 0.5) is 0 Å². The molecular weight excluding hydrogens is 278 g/mol. The maximum Gasteiger partial charge on any atom is 0.0837 e. The summed E-state index contributed by atoms with van der Waals surface area (Å²) in [6.45, 7) is 3.53. The molecule has 112 valence electrons. The van der Waals surface area contributed by atoms with Crippen LogP contribution in [0.15, 0.2) is 46.7 Å². The van der Waals surface area contributed by atoms with Crippen LogP contribution in [0.25, 0.3) is 21.8 Å². The second kappa shape index (κ2) is 5.18. The van der Waals surface area contributed by atoms with E-state index in [1.807, 2.05) is 43.4 Å². The Morgan fingerprint density at radius 3 is 1.59 bits per heavy atom. The topological polar surface area (TPSA) is 70.1 Å². The van der Waals surface area contributed by atoms with E-state index in [1.165, 1.54) is 0 Å². The Balaban J connectivity index is 2.38. The van der Waals surface area contributed by atoms with Gasteiger partial charge in [0.1, 0.15) is 0 Å². The van der Waals surface area contributed by atoms with Crippen molar-refractivity contribution in [2.24, 2.45) is 17.4 Å². The lowest BCUT2D eigenvalue weighted by Gasteiger charge is -2.00. The smallest absolute Gasteiger partial charge is 0.0837 e. The minimum absolute atomic E-state index is 0.572. The molecule has 0 atom stereocenters. The third-order valence-corrected chi connectivity index (χ3v) is 4.14. The predicted molar refractivity (Wildman–Crippen MR) is 88.4 cm³/mol. The first-order valence-electron chi connectivity index (χ1n) is 6.97. The summed E-state index contributed by atoms with van der Waals surface area (Å²) in [6.07, 6.45) is 0. The fraction of sp³-hybridized carbons (Fsp3) is 0.176. The van der Waals surface area contributed by atoms with Gasteiger partial charge in [-0.1, -0.05) is 22.4 Å². The highest BCUT2D eigenvalue weighted by molar-refractivity contribution is 6.13. The molecule has 1 heterocycles. The van der Waals surface area contributed by atoms with E-state index in [0.29, 0.717) is 11.4 Å². The maximum absolute atomic E-state index is 8.97. The van der Waals surface area contributed by atoms with Gasteiger partial charge in [0.05, 0.1) is 11.4 Å². The second-order valence-electron chi connectivity index (χ2n) is 5.39. The van der Waals surface area contributed by atoms with Crippen LogP contribution in [0, 0.1) is 0 Å². The summed E-state index contributed by atoms with van der Waals surface area (Å²) >= 11 is 0. The van der Waals surface area contributed by atoms with E-state index < -0.39 is 0 Å². The second-order valence-corrected chi connectivity index (χ2v) is 5.39. The van der Waals surface area contributed by atoms with E-state index in [1.54, 1.807) is 13.8 Å². The van der Waals surface area contributed by atoms with E-state index in [0.717, 1.165) is 32.9 Å². The number of aryl methyl sites for hydroxylation is 1. The van der Waals surface area contributed by atoms with Crippen LogP contribution in [-0.2, 0) is 7.05 Å². The Morgan fingerprint density at radius 1 is 0.818 bits per heavy atom. The molecule has 5 nitrogen and oxygen atoms in total. The largest absolute Gasteiger partial charge is 0.411 e. The molecule has 0 fully saturated rings. The van der Waals surface area contributed by atoms with Crippen molar-refractivity contribution >= 4 is 33.2 Å². The van der Waals surface area contributed by atoms with Crippen LogP contribution in [-0.4, -0.2) is 26.4 Å². The van der Waals surface area contributed by atoms with Gasteiger partial charge in [-0.2, -0.15) is 0 Å². The van der Waals surface area contributed by atoms with Crippen LogP contribution >= 0.6 is 0 Å². The zero-order valence-corrected chi connectivity index (χ0v) is 12.7. The van der Waals surface area contributed by atoms with Gasteiger partial charge in [-0.3, -0.25) is 0 Å². The Bertz CT molecular complexity index is 861. The summed E-state index contributed by atoms with van der Waals surface area (Å²) in [7, 11) is 2.02. The lowest BCUT2D eigenvalue weighted by Crippen LogP contribution is -1.94. The molecular formula is C17H17N3O2. The quantitative estimate of drug-likeness (QED) is 0.429. The highest BCUT2D eigenvalue weighted by Crippen LogP contribution is 2.30. The monoisotopic (exact) mass is 295 g/mol. The van der Waals surface area contributed by atoms with Crippen LogP contribution < -0.4 is 0 Å². The van der Waals surface area contributed by atoms with E-state index >= 15 is 0 Å². The number of nitrogens with zero attached hydrogens (tertiary/aromatic N) is 3. The lowest BCUT2D eigenvalue weighted by molar-refractivity contribution is 0.319. The van der Waals surface area contributed by atoms with Gasteiger partial charge in [-0.25, -0.2) is 0 Å². The summed E-state index contributed by atoms with van der Waals surface area (Å²) in [4.78, 5) is 0. The predicted octanol–water partition coefficient (Wildman–Crippen LogP) is 3.73. The van der Waals surface area contributed by atoms with Crippen LogP contribution in [0.5, 0.6) is 0 Å². The molecule has 3 rings (SSSR count). The molecule has 0 aliphatic heterocycles. The summed E-state index contributed by atoms with van der Waals surface area (Å²) in [5.41, 5.74) is 5.09. The molecule has 0 bridgehead atoms. The van der Waals surface area contributed by atoms with Crippen molar-refractivity contribution in [3.63, 3.8) is 0 Å². The Hall–Kier alpha value is -2.82. The molecule has 0 amide bonds. The number of fused-ring (bicyclic) bond motifs is 3. The van der Waals surface area contributed by atoms with Crippen molar-refractivity contribution in [2.45, 2.75) is 13.8 Å². The van der Waals surface area contributed by atoms with E-state index in [2.05, 4.69) is 14.9 Å². The van der Waals surface area contributed by atoms with Crippen LogP contribution in [0.2, 0.25) is 0 Å². The molecule has 3 aromatic rings. The minimum Gasteiger partial charge on any atom is -0.411 e. The van der Waals surface area contributed by atoms with Gasteiger partial charge < -0.3 is 15.0 Å². The van der Waals surface area contributed by atoms with Gasteiger partial charge in [0.15, 0.2) is 0 Å². The molecule has 1 aromatic heterocycles. The molecule has 2 aromatic carbocycles. The van der Waals surface area contributed by atoms with Crippen LogP contribution in [0.3, 0.4) is 0 Å². The lowest BCUT2D eigenvalue weighted by atomic mass is 10.0. The minimum atomic E-state index is 0.572. The maximum atomic E-state index is 8.97. The first-order valence-corrected chi connectivity index (χ1v) is 6.97. The first-order chi connectivity index (χ1) is 10.6. The highest BCUT2D eigenvalue weighted by Gasteiger charge is 2.11. The Kier molecular flexibility index (Phi) is 3.33. The van der Waals surface area contributed by atoms with Crippen LogP contribution in [0.1, 0.15) is 25.0 Å². The molecule has 0 unspecified atom stereocenters. The van der Waals surface area contributed by atoms with Crippen molar-refractivity contribution in [3.05, 3.63) is 47.5 Å². The number of hydrogen-bond donors (Lipinski definition) is 2. The number of benzene rings is 2. The molecule has 2 N–H and O–H groups in total. The molecule has 5 heteroatoms. The Labute approximate surface area is 127 Å². The molecule has 0 aliphatic rings. The molecule has 0 aliphatic carbocycles. The molecule has 0 spiro atoms. The van der Waals surface area contributed by atoms with Crippen molar-refractivity contribution in [2.75, 3.05) is 0 Å². The zero-order valence-electron chi connectivity index (χ0n) is 12.7. The van der Waals surface area contributed by atoms with Gasteiger partial charge in [0.2, 0.25) is 0 Å². The first kappa shape index (κ1) is 14.1. The number of aromatic nitrogens is 1. The summed E-state index contributed by atoms with van der Waals surface area (Å²) in [5, 5.41) is 26.6. The SMILES string of the molecule is CC(=NO)c1ccc2c(c1)c1cc(C(C)=NO)ccc1n2C. The normalized spacial score (nSPS) is 13.2. The number of oxime groups is 2. The van der Waals surface area contributed by atoms with Crippen molar-refractivity contribution in [1.29, 1.82) is 0 Å². The van der Waals surface area contributed by atoms with E-state index in [9.17, 15) is 0 Å². The Morgan fingerprint density at radius 2 is 1.23 bits per heavy atom. The summed E-state index contributed by atoms with van der Waals surface area (Å²) in [6, 6.07) is 12.0. The van der Waals surface area contributed by atoms with E-state index in [-0.39, 0.29) is 0 Å². The van der Waals surface area contributed by atoms with Crippen molar-refractivity contribution in [1.82, 2.24) is 4.57 Å². The zero-order chi connectivity index (χ0) is 15.9. The van der Waals surface area contributed by atoms with Crippen molar-refractivity contribution < 1.29 is 10.4 Å². The van der Waals surface area contributed by atoms with Gasteiger partial charge in [-0.05, 0) is 49.2 Å². The third kappa shape index (κ3) is 2.02. The van der Waals surface area contributed by atoms with Gasteiger partial charge in [0, 0.05) is 28.9 Å². The highest BCUT2D eigenvalue weighted by atomic mass is 16.4. The summed E-state index contributed by atoms with van der Waals surface area (Å²) < 4.78 is 2.12. The standard InChI is InChI=1S/C17H17N3O2/c1-10(18-21)12-4-6-16-14(8-12)15-9-13(11(2)19-22)5-7-17(15)20(16)3/h4-9,21-22H,1-3H3. The van der Waals surface area contributed by atoms with Gasteiger partial charge in [0.25, 0.3) is 0 Å². The number of hydrogen-bond acceptors (Lipinski definition) is 4. The fourth-order valence-electron chi connectivity index (χ4n) is 2.78. The molecule has 0 saturated carbocycles. The van der Waals surface area contributed by atoms with Gasteiger partial charge >= 0.3 is 0 Å². The van der Waals surface area contributed by atoms with Gasteiger partial charge in [-0.15, -0.1) is 0 Å². The average molecular weight is 295 g/mol.